The lowest BCUT2D eigenvalue weighted by Crippen LogP contribution is -2.20. The SMILES string of the molecule is CCCNCCc1c(CC)nc(C2CCCO2)nc1CC. The zero-order valence-corrected chi connectivity index (χ0v) is 13.7. The van der Waals surface area contributed by atoms with Crippen LogP contribution in [-0.2, 0) is 24.0 Å². The van der Waals surface area contributed by atoms with Gasteiger partial charge in [0.25, 0.3) is 0 Å². The molecule has 21 heavy (non-hydrogen) atoms. The Morgan fingerprint density at radius 3 is 2.33 bits per heavy atom. The van der Waals surface area contributed by atoms with Gasteiger partial charge >= 0.3 is 0 Å². The maximum absolute atomic E-state index is 5.75. The first-order valence-corrected chi connectivity index (χ1v) is 8.50. The largest absolute Gasteiger partial charge is 0.370 e. The minimum Gasteiger partial charge on any atom is -0.370 e. The van der Waals surface area contributed by atoms with Gasteiger partial charge in [-0.2, -0.15) is 0 Å². The lowest BCUT2D eigenvalue weighted by atomic mass is 10.0. The topological polar surface area (TPSA) is 47.0 Å². The predicted molar refractivity (Wildman–Crippen MR) is 85.6 cm³/mol. The summed E-state index contributed by atoms with van der Waals surface area (Å²) in [6, 6.07) is 0. The van der Waals surface area contributed by atoms with Crippen molar-refractivity contribution in [2.45, 2.75) is 65.4 Å². The molecule has 4 nitrogen and oxygen atoms in total. The molecule has 2 heterocycles. The van der Waals surface area contributed by atoms with Crippen molar-refractivity contribution in [3.8, 4) is 0 Å². The van der Waals surface area contributed by atoms with E-state index >= 15 is 0 Å². The number of hydrogen-bond donors (Lipinski definition) is 1. The first kappa shape index (κ1) is 16.4. The van der Waals surface area contributed by atoms with Gasteiger partial charge in [-0.15, -0.1) is 0 Å². The molecule has 0 bridgehead atoms. The summed E-state index contributed by atoms with van der Waals surface area (Å²) in [5, 5.41) is 3.48. The van der Waals surface area contributed by atoms with E-state index in [1.807, 2.05) is 0 Å². The zero-order chi connectivity index (χ0) is 15.1. The highest BCUT2D eigenvalue weighted by Crippen LogP contribution is 2.27. The highest BCUT2D eigenvalue weighted by molar-refractivity contribution is 5.27. The fraction of sp³-hybridized carbons (Fsp3) is 0.765. The molecule has 118 valence electrons. The van der Waals surface area contributed by atoms with E-state index in [-0.39, 0.29) is 6.10 Å². The van der Waals surface area contributed by atoms with Crippen molar-refractivity contribution in [2.24, 2.45) is 0 Å². The Morgan fingerprint density at radius 2 is 1.81 bits per heavy atom. The third kappa shape index (κ3) is 4.24. The van der Waals surface area contributed by atoms with E-state index in [0.29, 0.717) is 0 Å². The van der Waals surface area contributed by atoms with E-state index in [2.05, 4.69) is 26.1 Å². The van der Waals surface area contributed by atoms with Gasteiger partial charge in [0.05, 0.1) is 0 Å². The molecule has 1 aliphatic heterocycles. The van der Waals surface area contributed by atoms with Gasteiger partial charge in [0.1, 0.15) is 6.10 Å². The number of hydrogen-bond acceptors (Lipinski definition) is 4. The molecule has 2 rings (SSSR count). The number of rotatable bonds is 8. The molecular formula is C17H29N3O. The van der Waals surface area contributed by atoms with Gasteiger partial charge in [-0.3, -0.25) is 0 Å². The molecule has 1 atom stereocenters. The third-order valence-electron chi connectivity index (χ3n) is 4.06. The molecule has 1 N–H and O–H groups in total. The minimum absolute atomic E-state index is 0.118. The second-order valence-corrected chi connectivity index (χ2v) is 5.66. The Balaban J connectivity index is 2.17. The molecule has 1 saturated heterocycles. The van der Waals surface area contributed by atoms with Crippen LogP contribution in [0.5, 0.6) is 0 Å². The zero-order valence-electron chi connectivity index (χ0n) is 13.7. The molecule has 1 fully saturated rings. The van der Waals surface area contributed by atoms with Crippen molar-refractivity contribution in [1.29, 1.82) is 0 Å². The van der Waals surface area contributed by atoms with E-state index in [4.69, 9.17) is 14.7 Å². The second-order valence-electron chi connectivity index (χ2n) is 5.66. The number of nitrogens with one attached hydrogen (secondary N) is 1. The van der Waals surface area contributed by atoms with Crippen LogP contribution in [0.25, 0.3) is 0 Å². The van der Waals surface area contributed by atoms with Crippen molar-refractivity contribution < 1.29 is 4.74 Å². The van der Waals surface area contributed by atoms with Crippen LogP contribution in [0.4, 0.5) is 0 Å². The second kappa shape index (κ2) is 8.44. The van der Waals surface area contributed by atoms with Gasteiger partial charge < -0.3 is 10.1 Å². The summed E-state index contributed by atoms with van der Waals surface area (Å²) < 4.78 is 5.75. The first-order valence-electron chi connectivity index (χ1n) is 8.50. The van der Waals surface area contributed by atoms with Gasteiger partial charge in [0.2, 0.25) is 0 Å². The van der Waals surface area contributed by atoms with Gasteiger partial charge in [-0.1, -0.05) is 20.8 Å². The summed E-state index contributed by atoms with van der Waals surface area (Å²) in [5.41, 5.74) is 3.78. The molecule has 0 radical (unpaired) electrons. The minimum atomic E-state index is 0.118. The van der Waals surface area contributed by atoms with E-state index in [0.717, 1.165) is 57.6 Å². The number of nitrogens with zero attached hydrogens (tertiary/aromatic N) is 2. The van der Waals surface area contributed by atoms with Crippen LogP contribution >= 0.6 is 0 Å². The summed E-state index contributed by atoms with van der Waals surface area (Å²) in [7, 11) is 0. The van der Waals surface area contributed by atoms with Gasteiger partial charge in [0, 0.05) is 18.0 Å². The number of aromatic nitrogens is 2. The fourth-order valence-electron chi connectivity index (χ4n) is 2.92. The molecule has 0 spiro atoms. The summed E-state index contributed by atoms with van der Waals surface area (Å²) in [6.45, 7) is 9.50. The Labute approximate surface area is 128 Å². The van der Waals surface area contributed by atoms with Crippen LogP contribution < -0.4 is 5.32 Å². The summed E-state index contributed by atoms with van der Waals surface area (Å²) in [6.07, 6.45) is 6.45. The molecule has 0 aliphatic carbocycles. The van der Waals surface area contributed by atoms with Crippen molar-refractivity contribution >= 4 is 0 Å². The quantitative estimate of drug-likeness (QED) is 0.748. The predicted octanol–water partition coefficient (Wildman–Crippen LogP) is 3.00. The highest BCUT2D eigenvalue weighted by atomic mass is 16.5. The van der Waals surface area contributed by atoms with Crippen molar-refractivity contribution in [3.63, 3.8) is 0 Å². The lowest BCUT2D eigenvalue weighted by molar-refractivity contribution is 0.104. The molecular weight excluding hydrogens is 262 g/mol. The molecule has 1 unspecified atom stereocenters. The number of ether oxygens (including phenoxy) is 1. The maximum Gasteiger partial charge on any atom is 0.157 e. The molecule has 0 amide bonds. The van der Waals surface area contributed by atoms with Gasteiger partial charge in [0.15, 0.2) is 5.82 Å². The van der Waals surface area contributed by atoms with Crippen LogP contribution in [0.3, 0.4) is 0 Å². The normalized spacial score (nSPS) is 18.3. The average Bonchev–Trinajstić information content (AvgIpc) is 3.05. The maximum atomic E-state index is 5.75. The Hall–Kier alpha value is -1.00. The van der Waals surface area contributed by atoms with Crippen LogP contribution in [-0.4, -0.2) is 29.7 Å². The number of aryl methyl sites for hydroxylation is 2. The molecule has 1 aromatic heterocycles. The lowest BCUT2D eigenvalue weighted by Gasteiger charge is -2.16. The molecule has 1 aromatic rings. The third-order valence-corrected chi connectivity index (χ3v) is 4.06. The average molecular weight is 291 g/mol. The van der Waals surface area contributed by atoms with E-state index in [9.17, 15) is 0 Å². The first-order chi connectivity index (χ1) is 10.3. The summed E-state index contributed by atoms with van der Waals surface area (Å²) in [4.78, 5) is 9.63. The Bertz CT molecular complexity index is 417. The Kier molecular flexibility index (Phi) is 6.58. The fourth-order valence-corrected chi connectivity index (χ4v) is 2.92. The standard InChI is InChI=1S/C17H29N3O/c1-4-10-18-11-9-13-14(5-2)19-17(20-15(13)6-3)16-8-7-12-21-16/h16,18H,4-12H2,1-3H3. The van der Waals surface area contributed by atoms with Gasteiger partial charge in [-0.05, 0) is 57.2 Å². The smallest absolute Gasteiger partial charge is 0.157 e. The molecule has 0 saturated carbocycles. The van der Waals surface area contributed by atoms with Crippen LogP contribution in [0.2, 0.25) is 0 Å². The van der Waals surface area contributed by atoms with E-state index in [1.165, 1.54) is 23.4 Å². The molecule has 1 aliphatic rings. The highest BCUT2D eigenvalue weighted by Gasteiger charge is 2.23. The van der Waals surface area contributed by atoms with Crippen molar-refractivity contribution in [2.75, 3.05) is 19.7 Å². The van der Waals surface area contributed by atoms with Crippen LogP contribution in [0.15, 0.2) is 0 Å². The monoisotopic (exact) mass is 291 g/mol. The summed E-state index contributed by atoms with van der Waals surface area (Å²) >= 11 is 0. The van der Waals surface area contributed by atoms with Crippen molar-refractivity contribution in [1.82, 2.24) is 15.3 Å². The van der Waals surface area contributed by atoms with Crippen LogP contribution in [0, 0.1) is 0 Å². The van der Waals surface area contributed by atoms with Crippen LogP contribution in [0.1, 0.15) is 68.9 Å². The van der Waals surface area contributed by atoms with E-state index < -0.39 is 0 Å². The summed E-state index contributed by atoms with van der Waals surface area (Å²) in [5.74, 6) is 0.909. The van der Waals surface area contributed by atoms with Crippen molar-refractivity contribution in [3.05, 3.63) is 22.8 Å². The van der Waals surface area contributed by atoms with Gasteiger partial charge in [-0.25, -0.2) is 9.97 Å². The molecule has 0 aromatic carbocycles. The Morgan fingerprint density at radius 1 is 1.10 bits per heavy atom. The van der Waals surface area contributed by atoms with E-state index in [1.54, 1.807) is 0 Å². The molecule has 4 heteroatoms.